The molecule has 0 aliphatic rings. The number of halogens is 1. The molecule has 0 saturated heterocycles. The van der Waals surface area contributed by atoms with Gasteiger partial charge in [0.05, 0.1) is 10.7 Å². The maximum absolute atomic E-state index is 11.5. The van der Waals surface area contributed by atoms with Gasteiger partial charge in [0.25, 0.3) is 5.91 Å². The number of nitrogens with two attached hydrogens (primary N) is 2. The summed E-state index contributed by atoms with van der Waals surface area (Å²) in [4.78, 5) is 22.0. The van der Waals surface area contributed by atoms with Gasteiger partial charge in [0.2, 0.25) is 5.91 Å². The summed E-state index contributed by atoms with van der Waals surface area (Å²) in [6.45, 7) is 0.205. The maximum atomic E-state index is 11.5. The van der Waals surface area contributed by atoms with Gasteiger partial charge in [0.1, 0.15) is 0 Å². The van der Waals surface area contributed by atoms with E-state index in [0.717, 1.165) is 0 Å². The summed E-state index contributed by atoms with van der Waals surface area (Å²) in [5.74, 6) is -0.777. The van der Waals surface area contributed by atoms with E-state index in [4.69, 9.17) is 23.1 Å². The minimum Gasteiger partial charge on any atom is -0.398 e. The summed E-state index contributed by atoms with van der Waals surface area (Å²) in [5.41, 5.74) is 11.2. The fourth-order valence-corrected chi connectivity index (χ4v) is 1.20. The molecule has 0 heterocycles. The molecule has 0 radical (unpaired) electrons. The van der Waals surface area contributed by atoms with Crippen molar-refractivity contribution < 1.29 is 9.59 Å². The third-order valence-corrected chi connectivity index (χ3v) is 2.26. The van der Waals surface area contributed by atoms with Gasteiger partial charge < -0.3 is 16.8 Å². The number of hydrogen-bond acceptors (Lipinski definition) is 3. The van der Waals surface area contributed by atoms with Crippen molar-refractivity contribution in [3.05, 3.63) is 28.8 Å². The van der Waals surface area contributed by atoms with E-state index in [2.05, 4.69) is 5.32 Å². The highest BCUT2D eigenvalue weighted by Gasteiger charge is 2.07. The number of primary amides is 1. The van der Waals surface area contributed by atoms with Crippen molar-refractivity contribution in [2.45, 2.75) is 6.42 Å². The molecule has 1 aromatic rings. The van der Waals surface area contributed by atoms with Crippen LogP contribution in [0.1, 0.15) is 16.8 Å². The molecule has 1 aromatic carbocycles. The number of amides is 2. The van der Waals surface area contributed by atoms with Crippen molar-refractivity contribution in [3.8, 4) is 0 Å². The first-order chi connectivity index (χ1) is 7.50. The smallest absolute Gasteiger partial charge is 0.251 e. The summed E-state index contributed by atoms with van der Waals surface area (Å²) < 4.78 is 0. The number of nitrogen functional groups attached to an aromatic ring is 1. The number of hydrogen-bond donors (Lipinski definition) is 3. The fourth-order valence-electron chi connectivity index (χ4n) is 1.09. The first-order valence-corrected chi connectivity index (χ1v) is 5.00. The second-order valence-electron chi connectivity index (χ2n) is 3.21. The molecule has 2 amide bonds. The molecule has 5 N–H and O–H groups in total. The Kier molecular flexibility index (Phi) is 4.13. The maximum Gasteiger partial charge on any atom is 0.251 e. The number of carbonyl (C=O) groups excluding carboxylic acids is 2. The molecule has 0 fully saturated rings. The van der Waals surface area contributed by atoms with Gasteiger partial charge in [-0.1, -0.05) is 11.6 Å². The van der Waals surface area contributed by atoms with Gasteiger partial charge in [-0.05, 0) is 18.2 Å². The van der Waals surface area contributed by atoms with Gasteiger partial charge in [-0.3, -0.25) is 9.59 Å². The van der Waals surface area contributed by atoms with E-state index in [0.29, 0.717) is 16.3 Å². The predicted molar refractivity (Wildman–Crippen MR) is 62.0 cm³/mol. The van der Waals surface area contributed by atoms with Gasteiger partial charge in [-0.25, -0.2) is 0 Å². The normalized spacial score (nSPS) is 9.81. The van der Waals surface area contributed by atoms with E-state index in [1.165, 1.54) is 6.07 Å². The molecule has 0 spiro atoms. The lowest BCUT2D eigenvalue weighted by Gasteiger charge is -2.05. The lowest BCUT2D eigenvalue weighted by atomic mass is 10.2. The second-order valence-corrected chi connectivity index (χ2v) is 3.62. The Labute approximate surface area is 97.7 Å². The van der Waals surface area contributed by atoms with Crippen LogP contribution in [0.2, 0.25) is 5.02 Å². The Morgan fingerprint density at radius 2 is 2.06 bits per heavy atom. The van der Waals surface area contributed by atoms with E-state index >= 15 is 0 Å². The standard InChI is InChI=1S/C10H12ClN3O2/c11-7-2-1-6(5-8(7)12)10(16)14-4-3-9(13)15/h1-2,5H,3-4,12H2,(H2,13,15)(H,14,16). The first kappa shape index (κ1) is 12.3. The highest BCUT2D eigenvalue weighted by molar-refractivity contribution is 6.33. The van der Waals surface area contributed by atoms with Gasteiger partial charge in [0.15, 0.2) is 0 Å². The number of nitrogens with one attached hydrogen (secondary N) is 1. The molecule has 16 heavy (non-hydrogen) atoms. The second kappa shape index (κ2) is 5.37. The van der Waals surface area contributed by atoms with Crippen LogP contribution in [-0.2, 0) is 4.79 Å². The predicted octanol–water partition coefficient (Wildman–Crippen LogP) is 0.527. The molecule has 86 valence electrons. The van der Waals surface area contributed by atoms with Crippen LogP contribution in [0.15, 0.2) is 18.2 Å². The molecular formula is C10H12ClN3O2. The van der Waals surface area contributed by atoms with Crippen molar-refractivity contribution in [1.29, 1.82) is 0 Å². The van der Waals surface area contributed by atoms with Crippen molar-refractivity contribution >= 4 is 29.1 Å². The van der Waals surface area contributed by atoms with Crippen molar-refractivity contribution in [1.82, 2.24) is 5.32 Å². The van der Waals surface area contributed by atoms with Gasteiger partial charge in [0, 0.05) is 18.5 Å². The Bertz CT molecular complexity index is 421. The van der Waals surface area contributed by atoms with Crippen LogP contribution in [0.5, 0.6) is 0 Å². The zero-order valence-corrected chi connectivity index (χ0v) is 9.25. The largest absolute Gasteiger partial charge is 0.398 e. The number of carbonyl (C=O) groups is 2. The molecule has 0 aliphatic carbocycles. The minimum atomic E-state index is -0.462. The van der Waals surface area contributed by atoms with Crippen LogP contribution in [0.3, 0.4) is 0 Å². The van der Waals surface area contributed by atoms with E-state index in [-0.39, 0.29) is 18.9 Å². The summed E-state index contributed by atoms with van der Waals surface area (Å²) >= 11 is 5.71. The summed E-state index contributed by atoms with van der Waals surface area (Å²) in [5, 5.41) is 2.94. The molecule has 0 aromatic heterocycles. The minimum absolute atomic E-state index is 0.106. The van der Waals surface area contributed by atoms with Crippen LogP contribution in [-0.4, -0.2) is 18.4 Å². The first-order valence-electron chi connectivity index (χ1n) is 4.62. The number of rotatable bonds is 4. The van der Waals surface area contributed by atoms with E-state index in [1.807, 2.05) is 0 Å². The fraction of sp³-hybridized carbons (Fsp3) is 0.200. The molecule has 0 bridgehead atoms. The SMILES string of the molecule is NC(=O)CCNC(=O)c1ccc(Cl)c(N)c1. The van der Waals surface area contributed by atoms with Crippen LogP contribution >= 0.6 is 11.6 Å². The number of anilines is 1. The van der Waals surface area contributed by atoms with Gasteiger partial charge >= 0.3 is 0 Å². The zero-order valence-electron chi connectivity index (χ0n) is 8.50. The molecule has 5 nitrogen and oxygen atoms in total. The third kappa shape index (κ3) is 3.43. The highest BCUT2D eigenvalue weighted by atomic mass is 35.5. The average Bonchev–Trinajstić information content (AvgIpc) is 2.21. The van der Waals surface area contributed by atoms with Gasteiger partial charge in [-0.15, -0.1) is 0 Å². The van der Waals surface area contributed by atoms with Crippen molar-refractivity contribution in [2.24, 2.45) is 5.73 Å². The van der Waals surface area contributed by atoms with Crippen LogP contribution < -0.4 is 16.8 Å². The Morgan fingerprint density at radius 1 is 1.38 bits per heavy atom. The van der Waals surface area contributed by atoms with Crippen LogP contribution in [0.25, 0.3) is 0 Å². The molecular weight excluding hydrogens is 230 g/mol. The van der Waals surface area contributed by atoms with Crippen molar-refractivity contribution in [3.63, 3.8) is 0 Å². The highest BCUT2D eigenvalue weighted by Crippen LogP contribution is 2.19. The molecule has 0 saturated carbocycles. The Hall–Kier alpha value is -1.75. The Morgan fingerprint density at radius 3 is 2.62 bits per heavy atom. The van der Waals surface area contributed by atoms with E-state index in [9.17, 15) is 9.59 Å². The van der Waals surface area contributed by atoms with Gasteiger partial charge in [-0.2, -0.15) is 0 Å². The van der Waals surface area contributed by atoms with E-state index in [1.54, 1.807) is 12.1 Å². The Balaban J connectivity index is 2.59. The van der Waals surface area contributed by atoms with Crippen LogP contribution in [0.4, 0.5) is 5.69 Å². The summed E-state index contributed by atoms with van der Waals surface area (Å²) in [6, 6.07) is 4.57. The van der Waals surface area contributed by atoms with E-state index < -0.39 is 5.91 Å². The lowest BCUT2D eigenvalue weighted by molar-refractivity contribution is -0.117. The molecule has 1 rings (SSSR count). The third-order valence-electron chi connectivity index (χ3n) is 1.92. The number of benzene rings is 1. The monoisotopic (exact) mass is 241 g/mol. The average molecular weight is 242 g/mol. The van der Waals surface area contributed by atoms with Crippen LogP contribution in [0, 0.1) is 0 Å². The lowest BCUT2D eigenvalue weighted by Crippen LogP contribution is -2.27. The summed E-state index contributed by atoms with van der Waals surface area (Å²) in [6.07, 6.45) is 0.106. The molecule has 0 unspecified atom stereocenters. The van der Waals surface area contributed by atoms with Crippen molar-refractivity contribution in [2.75, 3.05) is 12.3 Å². The molecule has 0 aliphatic heterocycles. The molecule has 6 heteroatoms. The summed E-state index contributed by atoms with van der Waals surface area (Å²) in [7, 11) is 0. The quantitative estimate of drug-likeness (QED) is 0.671. The topological polar surface area (TPSA) is 98.2 Å². The molecule has 0 atom stereocenters. The zero-order chi connectivity index (χ0) is 12.1.